The number of ether oxygens (including phenoxy) is 5. The molecule has 0 saturated heterocycles. The van der Waals surface area contributed by atoms with E-state index in [0.29, 0.717) is 50.9 Å². The van der Waals surface area contributed by atoms with Gasteiger partial charge in [0.2, 0.25) is 0 Å². The van der Waals surface area contributed by atoms with Crippen molar-refractivity contribution >= 4 is 39.5 Å². The zero-order chi connectivity index (χ0) is 26.7. The van der Waals surface area contributed by atoms with Gasteiger partial charge >= 0.3 is 11.9 Å². The van der Waals surface area contributed by atoms with Crippen molar-refractivity contribution in [3.05, 3.63) is 80.8 Å². The van der Waals surface area contributed by atoms with Crippen molar-refractivity contribution in [3.8, 4) is 23.0 Å². The summed E-state index contributed by atoms with van der Waals surface area (Å²) < 4.78 is 25.7. The summed E-state index contributed by atoms with van der Waals surface area (Å²) in [5.74, 6) is 0.337. The standard InChI is InChI=1S/C17H16BrClO4.C9H10O4/c1-21-15-10-14(18)13(17(20)22-2)9-16(15)23-7-6-11-4-3-5-12(19)8-11;1-12-8-4-3-6(5-7(8)10)9(11)13-2/h3-5,8-10H,6-7H2,1-2H3;3-5,10H,1-2H3. The average Bonchev–Trinajstić information content (AvgIpc) is 2.88. The molecule has 192 valence electrons. The zero-order valence-electron chi connectivity index (χ0n) is 20.2. The van der Waals surface area contributed by atoms with E-state index in [2.05, 4.69) is 20.7 Å². The van der Waals surface area contributed by atoms with Crippen LogP contribution < -0.4 is 14.2 Å². The Hall–Kier alpha value is -3.43. The average molecular weight is 582 g/mol. The van der Waals surface area contributed by atoms with E-state index < -0.39 is 11.9 Å². The highest BCUT2D eigenvalue weighted by Gasteiger charge is 2.16. The lowest BCUT2D eigenvalue weighted by molar-refractivity contribution is 0.0591. The third-order valence-electron chi connectivity index (χ3n) is 4.80. The maximum atomic E-state index is 11.8. The van der Waals surface area contributed by atoms with Crippen molar-refractivity contribution in [1.29, 1.82) is 0 Å². The van der Waals surface area contributed by atoms with Crippen molar-refractivity contribution < 1.29 is 38.4 Å². The minimum absolute atomic E-state index is 0.0783. The normalized spacial score (nSPS) is 9.94. The van der Waals surface area contributed by atoms with Gasteiger partial charge in [0.25, 0.3) is 0 Å². The van der Waals surface area contributed by atoms with Gasteiger partial charge in [-0.2, -0.15) is 0 Å². The summed E-state index contributed by atoms with van der Waals surface area (Å²) in [7, 11) is 5.60. The number of aromatic hydroxyl groups is 1. The molecule has 10 heteroatoms. The summed E-state index contributed by atoms with van der Waals surface area (Å²) in [6, 6.07) is 15.2. The van der Waals surface area contributed by atoms with Gasteiger partial charge in [0.15, 0.2) is 23.0 Å². The third kappa shape index (κ3) is 8.07. The Morgan fingerprint density at radius 3 is 2.14 bits per heavy atom. The number of hydrogen-bond donors (Lipinski definition) is 1. The molecule has 0 heterocycles. The van der Waals surface area contributed by atoms with Gasteiger partial charge in [-0.25, -0.2) is 9.59 Å². The fourth-order valence-electron chi connectivity index (χ4n) is 2.98. The highest BCUT2D eigenvalue weighted by molar-refractivity contribution is 9.10. The molecule has 3 aromatic carbocycles. The lowest BCUT2D eigenvalue weighted by Crippen LogP contribution is -2.06. The van der Waals surface area contributed by atoms with Crippen LogP contribution >= 0.6 is 27.5 Å². The van der Waals surface area contributed by atoms with E-state index in [4.69, 9.17) is 30.5 Å². The molecule has 0 amide bonds. The van der Waals surface area contributed by atoms with E-state index in [9.17, 15) is 14.7 Å². The van der Waals surface area contributed by atoms with Crippen LogP contribution in [0.25, 0.3) is 0 Å². The molecule has 36 heavy (non-hydrogen) atoms. The molecule has 0 aliphatic heterocycles. The van der Waals surface area contributed by atoms with E-state index >= 15 is 0 Å². The second kappa shape index (κ2) is 14.2. The fourth-order valence-corrected chi connectivity index (χ4v) is 3.68. The Morgan fingerprint density at radius 1 is 0.861 bits per heavy atom. The van der Waals surface area contributed by atoms with E-state index in [-0.39, 0.29) is 5.75 Å². The lowest BCUT2D eigenvalue weighted by atomic mass is 10.1. The van der Waals surface area contributed by atoms with Crippen LogP contribution in [0.4, 0.5) is 0 Å². The smallest absolute Gasteiger partial charge is 0.339 e. The monoisotopic (exact) mass is 580 g/mol. The number of phenolic OH excluding ortho intramolecular Hbond substituents is 1. The molecule has 0 aliphatic rings. The third-order valence-corrected chi connectivity index (χ3v) is 5.69. The van der Waals surface area contributed by atoms with Gasteiger partial charge in [-0.1, -0.05) is 23.7 Å². The molecule has 0 atom stereocenters. The van der Waals surface area contributed by atoms with E-state index in [1.54, 1.807) is 19.2 Å². The molecule has 3 aromatic rings. The van der Waals surface area contributed by atoms with Crippen LogP contribution in [0.2, 0.25) is 5.02 Å². The van der Waals surface area contributed by atoms with E-state index in [1.807, 2.05) is 24.3 Å². The first-order valence-electron chi connectivity index (χ1n) is 10.5. The topological polar surface area (TPSA) is 101 Å². The number of carbonyl (C=O) groups is 2. The molecule has 0 aliphatic carbocycles. The number of carbonyl (C=O) groups excluding carboxylic acids is 2. The largest absolute Gasteiger partial charge is 0.504 e. The molecule has 0 spiro atoms. The summed E-state index contributed by atoms with van der Waals surface area (Å²) in [5.41, 5.74) is 1.74. The molecule has 0 aromatic heterocycles. The second-order valence-corrected chi connectivity index (χ2v) is 8.37. The van der Waals surface area contributed by atoms with E-state index in [1.165, 1.54) is 39.5 Å². The van der Waals surface area contributed by atoms with E-state index in [0.717, 1.165) is 5.56 Å². The number of methoxy groups -OCH3 is 4. The maximum Gasteiger partial charge on any atom is 0.339 e. The molecular weight excluding hydrogens is 556 g/mol. The summed E-state index contributed by atoms with van der Waals surface area (Å²) in [6.45, 7) is 0.430. The van der Waals surface area contributed by atoms with Crippen LogP contribution in [0.5, 0.6) is 23.0 Å². The van der Waals surface area contributed by atoms with Gasteiger partial charge in [0.05, 0.1) is 46.2 Å². The zero-order valence-corrected chi connectivity index (χ0v) is 22.5. The highest BCUT2D eigenvalue weighted by Crippen LogP contribution is 2.34. The SMILES string of the molecule is COC(=O)c1cc(OCCc2cccc(Cl)c2)c(OC)cc1Br.COC(=O)c1ccc(OC)c(O)c1. The molecule has 8 nitrogen and oxygen atoms in total. The first-order valence-corrected chi connectivity index (χ1v) is 11.7. The molecule has 1 N–H and O–H groups in total. The summed E-state index contributed by atoms with van der Waals surface area (Å²) >= 11 is 9.29. The molecule has 0 saturated carbocycles. The quantitative estimate of drug-likeness (QED) is 0.338. The van der Waals surface area contributed by atoms with Crippen molar-refractivity contribution in [2.75, 3.05) is 35.0 Å². The Labute approximate surface area is 222 Å². The first-order chi connectivity index (χ1) is 17.2. The molecule has 3 rings (SSSR count). The van der Waals surface area contributed by atoms with Gasteiger partial charge in [0.1, 0.15) is 0 Å². The summed E-state index contributed by atoms with van der Waals surface area (Å²) in [6.07, 6.45) is 0.688. The number of hydrogen-bond acceptors (Lipinski definition) is 8. The summed E-state index contributed by atoms with van der Waals surface area (Å²) in [4.78, 5) is 22.7. The molecule has 0 radical (unpaired) electrons. The highest BCUT2D eigenvalue weighted by atomic mass is 79.9. The number of benzene rings is 3. The van der Waals surface area contributed by atoms with Crippen molar-refractivity contribution in [2.45, 2.75) is 6.42 Å². The maximum absolute atomic E-state index is 11.8. The van der Waals surface area contributed by atoms with Gasteiger partial charge < -0.3 is 28.8 Å². The Morgan fingerprint density at radius 2 is 1.56 bits per heavy atom. The predicted molar refractivity (Wildman–Crippen MR) is 139 cm³/mol. The predicted octanol–water partition coefficient (Wildman–Crippen LogP) is 5.71. The van der Waals surface area contributed by atoms with Crippen LogP contribution in [-0.2, 0) is 15.9 Å². The van der Waals surface area contributed by atoms with Crippen molar-refractivity contribution in [2.24, 2.45) is 0 Å². The Kier molecular flexibility index (Phi) is 11.4. The minimum atomic E-state index is -0.488. The van der Waals surface area contributed by atoms with Crippen molar-refractivity contribution in [3.63, 3.8) is 0 Å². The number of esters is 2. The van der Waals surface area contributed by atoms with Crippen molar-refractivity contribution in [1.82, 2.24) is 0 Å². The van der Waals surface area contributed by atoms with Gasteiger partial charge in [-0.05, 0) is 64.0 Å². The molecule has 0 unspecified atom stereocenters. The van der Waals surface area contributed by atoms with Gasteiger partial charge in [-0.15, -0.1) is 0 Å². The number of halogens is 2. The molecule has 0 fully saturated rings. The number of rotatable bonds is 8. The molecular formula is C26H26BrClO8. The van der Waals surface area contributed by atoms with Gasteiger partial charge in [0, 0.05) is 15.9 Å². The van der Waals surface area contributed by atoms with Crippen LogP contribution in [0, 0.1) is 0 Å². The van der Waals surface area contributed by atoms with Crippen LogP contribution in [0.3, 0.4) is 0 Å². The van der Waals surface area contributed by atoms with Crippen LogP contribution in [0.15, 0.2) is 59.1 Å². The van der Waals surface area contributed by atoms with Crippen LogP contribution in [0.1, 0.15) is 26.3 Å². The minimum Gasteiger partial charge on any atom is -0.504 e. The van der Waals surface area contributed by atoms with Crippen LogP contribution in [-0.4, -0.2) is 52.1 Å². The lowest BCUT2D eigenvalue weighted by Gasteiger charge is -2.13. The molecule has 0 bridgehead atoms. The Balaban J connectivity index is 0.000000297. The second-order valence-electron chi connectivity index (χ2n) is 7.08. The number of phenols is 1. The Bertz CT molecular complexity index is 1200. The fraction of sp³-hybridized carbons (Fsp3) is 0.231. The summed E-state index contributed by atoms with van der Waals surface area (Å²) in [5, 5.41) is 9.99. The first kappa shape index (κ1) is 28.8. The van der Waals surface area contributed by atoms with Gasteiger partial charge in [-0.3, -0.25) is 0 Å².